The standard InChI is InChI=1S/C18H19N5O3/c1-12-3-4-14(10-19-12)23-17(16-11-26-13(2)20-16)9-15(21-23)18(24)22-5-7-25-8-6-22/h3-4,9-11H,5-8H2,1-2H3. The van der Waals surface area contributed by atoms with Gasteiger partial charge in [0.25, 0.3) is 5.91 Å². The second-order valence-electron chi connectivity index (χ2n) is 6.14. The Bertz CT molecular complexity index is 923. The lowest BCUT2D eigenvalue weighted by Gasteiger charge is -2.25. The number of hydrogen-bond donors (Lipinski definition) is 0. The number of aromatic nitrogens is 4. The van der Waals surface area contributed by atoms with E-state index in [1.807, 2.05) is 19.1 Å². The zero-order chi connectivity index (χ0) is 18.1. The molecule has 1 saturated heterocycles. The normalized spacial score (nSPS) is 14.6. The van der Waals surface area contributed by atoms with Crippen molar-refractivity contribution in [2.24, 2.45) is 0 Å². The maximum Gasteiger partial charge on any atom is 0.274 e. The first-order chi connectivity index (χ1) is 12.6. The Morgan fingerprint density at radius 3 is 2.65 bits per heavy atom. The van der Waals surface area contributed by atoms with Crippen molar-refractivity contribution >= 4 is 5.91 Å². The fraction of sp³-hybridized carbons (Fsp3) is 0.333. The number of carbonyl (C=O) groups excluding carboxylic acids is 1. The summed E-state index contributed by atoms with van der Waals surface area (Å²) in [7, 11) is 0. The molecule has 0 spiro atoms. The summed E-state index contributed by atoms with van der Waals surface area (Å²) in [5.41, 5.74) is 3.33. The van der Waals surface area contributed by atoms with Gasteiger partial charge in [0.05, 0.1) is 30.8 Å². The molecule has 1 aliphatic rings. The van der Waals surface area contributed by atoms with E-state index >= 15 is 0 Å². The Kier molecular flexibility index (Phi) is 4.26. The molecule has 0 aliphatic carbocycles. The van der Waals surface area contributed by atoms with Gasteiger partial charge in [-0.1, -0.05) is 0 Å². The van der Waals surface area contributed by atoms with Crippen molar-refractivity contribution in [3.63, 3.8) is 0 Å². The van der Waals surface area contributed by atoms with Crippen LogP contribution in [0.3, 0.4) is 0 Å². The van der Waals surface area contributed by atoms with Gasteiger partial charge < -0.3 is 14.1 Å². The van der Waals surface area contributed by atoms with Crippen molar-refractivity contribution in [1.29, 1.82) is 0 Å². The van der Waals surface area contributed by atoms with E-state index < -0.39 is 0 Å². The lowest BCUT2D eigenvalue weighted by Crippen LogP contribution is -2.40. The molecule has 3 aromatic heterocycles. The number of oxazole rings is 1. The highest BCUT2D eigenvalue weighted by atomic mass is 16.5. The van der Waals surface area contributed by atoms with E-state index in [2.05, 4.69) is 15.1 Å². The van der Waals surface area contributed by atoms with Gasteiger partial charge in [0.15, 0.2) is 11.6 Å². The highest BCUT2D eigenvalue weighted by molar-refractivity contribution is 5.93. The molecular weight excluding hydrogens is 334 g/mol. The van der Waals surface area contributed by atoms with Gasteiger partial charge >= 0.3 is 0 Å². The fourth-order valence-corrected chi connectivity index (χ4v) is 2.86. The molecule has 4 heterocycles. The molecular formula is C18H19N5O3. The topological polar surface area (TPSA) is 86.3 Å². The minimum absolute atomic E-state index is 0.117. The second-order valence-corrected chi connectivity index (χ2v) is 6.14. The molecule has 0 saturated carbocycles. The number of hydrogen-bond acceptors (Lipinski definition) is 6. The summed E-state index contributed by atoms with van der Waals surface area (Å²) < 4.78 is 12.3. The fourth-order valence-electron chi connectivity index (χ4n) is 2.86. The quantitative estimate of drug-likeness (QED) is 0.716. The molecule has 26 heavy (non-hydrogen) atoms. The average Bonchev–Trinajstić information content (AvgIpc) is 3.29. The summed E-state index contributed by atoms with van der Waals surface area (Å²) in [6.07, 6.45) is 3.29. The monoisotopic (exact) mass is 353 g/mol. The van der Waals surface area contributed by atoms with Gasteiger partial charge in [0.2, 0.25) is 0 Å². The third kappa shape index (κ3) is 3.11. The molecule has 0 atom stereocenters. The molecule has 8 nitrogen and oxygen atoms in total. The molecule has 4 rings (SSSR count). The Morgan fingerprint density at radius 2 is 2.00 bits per heavy atom. The third-order valence-corrected chi connectivity index (χ3v) is 4.25. The van der Waals surface area contributed by atoms with Crippen LogP contribution in [0.2, 0.25) is 0 Å². The van der Waals surface area contributed by atoms with Crippen LogP contribution in [0.15, 0.2) is 35.1 Å². The lowest BCUT2D eigenvalue weighted by atomic mass is 10.2. The number of rotatable bonds is 3. The number of ether oxygens (including phenoxy) is 1. The Morgan fingerprint density at radius 1 is 1.19 bits per heavy atom. The smallest absolute Gasteiger partial charge is 0.274 e. The maximum atomic E-state index is 12.8. The number of pyridine rings is 1. The van der Waals surface area contributed by atoms with Crippen LogP contribution >= 0.6 is 0 Å². The van der Waals surface area contributed by atoms with Crippen LogP contribution in [0.25, 0.3) is 17.1 Å². The van der Waals surface area contributed by atoms with Crippen LogP contribution in [0.4, 0.5) is 0 Å². The molecule has 0 unspecified atom stereocenters. The van der Waals surface area contributed by atoms with Crippen molar-refractivity contribution in [3.05, 3.63) is 47.9 Å². The SMILES string of the molecule is Cc1ccc(-n2nc(C(=O)N3CCOCC3)cc2-c2coc(C)n2)cn1. The van der Waals surface area contributed by atoms with Crippen LogP contribution in [0.5, 0.6) is 0 Å². The first-order valence-electron chi connectivity index (χ1n) is 8.44. The number of aryl methyl sites for hydroxylation is 2. The molecule has 1 amide bonds. The minimum Gasteiger partial charge on any atom is -0.449 e. The summed E-state index contributed by atoms with van der Waals surface area (Å²) in [6, 6.07) is 5.56. The molecule has 1 aliphatic heterocycles. The Balaban J connectivity index is 1.77. The minimum atomic E-state index is -0.117. The number of nitrogens with zero attached hydrogens (tertiary/aromatic N) is 5. The highest BCUT2D eigenvalue weighted by Gasteiger charge is 2.24. The first kappa shape index (κ1) is 16.5. The van der Waals surface area contributed by atoms with Crippen molar-refractivity contribution < 1.29 is 13.9 Å². The average molecular weight is 353 g/mol. The Labute approximate surface area is 150 Å². The van der Waals surface area contributed by atoms with Crippen molar-refractivity contribution in [2.45, 2.75) is 13.8 Å². The largest absolute Gasteiger partial charge is 0.449 e. The summed E-state index contributed by atoms with van der Waals surface area (Å²) >= 11 is 0. The Hall–Kier alpha value is -3.00. The van der Waals surface area contributed by atoms with Gasteiger partial charge in [-0.15, -0.1) is 0 Å². The lowest BCUT2D eigenvalue weighted by molar-refractivity contribution is 0.0298. The van der Waals surface area contributed by atoms with Gasteiger partial charge in [0.1, 0.15) is 12.0 Å². The summed E-state index contributed by atoms with van der Waals surface area (Å²) in [6.45, 7) is 5.92. The molecule has 1 fully saturated rings. The van der Waals surface area contributed by atoms with E-state index in [1.165, 1.54) is 0 Å². The van der Waals surface area contributed by atoms with E-state index in [4.69, 9.17) is 9.15 Å². The van der Waals surface area contributed by atoms with E-state index in [0.29, 0.717) is 49.3 Å². The van der Waals surface area contributed by atoms with E-state index in [9.17, 15) is 4.79 Å². The van der Waals surface area contributed by atoms with E-state index in [-0.39, 0.29) is 5.91 Å². The highest BCUT2D eigenvalue weighted by Crippen LogP contribution is 2.24. The van der Waals surface area contributed by atoms with Gasteiger partial charge in [-0.25, -0.2) is 9.67 Å². The molecule has 0 radical (unpaired) electrons. The van der Waals surface area contributed by atoms with Crippen LogP contribution in [0, 0.1) is 13.8 Å². The molecule has 134 valence electrons. The molecule has 0 aromatic carbocycles. The van der Waals surface area contributed by atoms with E-state index in [0.717, 1.165) is 11.4 Å². The third-order valence-electron chi connectivity index (χ3n) is 4.25. The van der Waals surface area contributed by atoms with Gasteiger partial charge in [-0.05, 0) is 25.1 Å². The van der Waals surface area contributed by atoms with Gasteiger partial charge in [-0.2, -0.15) is 5.10 Å². The predicted molar refractivity (Wildman–Crippen MR) is 93.1 cm³/mol. The van der Waals surface area contributed by atoms with Crippen molar-refractivity contribution in [1.82, 2.24) is 24.6 Å². The summed E-state index contributed by atoms with van der Waals surface area (Å²) in [4.78, 5) is 23.3. The predicted octanol–water partition coefficient (Wildman–Crippen LogP) is 2.01. The van der Waals surface area contributed by atoms with E-state index in [1.54, 1.807) is 35.0 Å². The van der Waals surface area contributed by atoms with Crippen LogP contribution in [-0.2, 0) is 4.74 Å². The molecule has 0 N–H and O–H groups in total. The maximum absolute atomic E-state index is 12.8. The second kappa shape index (κ2) is 6.72. The van der Waals surface area contributed by atoms with Gasteiger partial charge in [-0.3, -0.25) is 9.78 Å². The van der Waals surface area contributed by atoms with Crippen molar-refractivity contribution in [3.8, 4) is 17.1 Å². The molecule has 8 heteroatoms. The van der Waals surface area contributed by atoms with Crippen LogP contribution in [0.1, 0.15) is 22.1 Å². The molecule has 0 bridgehead atoms. The van der Waals surface area contributed by atoms with Crippen LogP contribution in [-0.4, -0.2) is 56.9 Å². The number of morpholine rings is 1. The number of carbonyl (C=O) groups is 1. The zero-order valence-electron chi connectivity index (χ0n) is 14.7. The molecule has 3 aromatic rings. The summed E-state index contributed by atoms with van der Waals surface area (Å²) in [5.74, 6) is 0.435. The van der Waals surface area contributed by atoms with Crippen LogP contribution < -0.4 is 0 Å². The summed E-state index contributed by atoms with van der Waals surface area (Å²) in [5, 5.41) is 4.53. The first-order valence-corrected chi connectivity index (χ1v) is 8.44. The van der Waals surface area contributed by atoms with Crippen molar-refractivity contribution in [2.75, 3.05) is 26.3 Å². The number of amides is 1. The van der Waals surface area contributed by atoms with Gasteiger partial charge in [0, 0.05) is 25.7 Å². The zero-order valence-corrected chi connectivity index (χ0v) is 14.7.